The van der Waals surface area contributed by atoms with E-state index in [0.29, 0.717) is 0 Å². The Hall–Kier alpha value is -0.520. The van der Waals surface area contributed by atoms with Crippen LogP contribution in [0.25, 0.3) is 0 Å². The molecule has 0 heterocycles. The highest BCUT2D eigenvalue weighted by molar-refractivity contribution is 4.83. The highest BCUT2D eigenvalue weighted by Gasteiger charge is 1.93. The standard InChI is InChI=1S/C29H56/c1-3-5-7-9-11-13-15-17-19-21-23-25-27-29-28-26-24-22-20-18-16-14-12-10-8-6-4-2/h13,15,27,29H,3-12,14,16-26,28H2,1-2H3/b15-13-,29-27-. The molecule has 0 aromatic rings. The summed E-state index contributed by atoms with van der Waals surface area (Å²) in [6.45, 7) is 4.58. The molecular weight excluding hydrogens is 348 g/mol. The van der Waals surface area contributed by atoms with Crippen LogP contribution in [0.5, 0.6) is 0 Å². The second-order valence-corrected chi connectivity index (χ2v) is 9.11. The highest BCUT2D eigenvalue weighted by Crippen LogP contribution is 2.13. The second-order valence-electron chi connectivity index (χ2n) is 9.11. The van der Waals surface area contributed by atoms with E-state index in [1.165, 1.54) is 148 Å². The molecule has 0 fully saturated rings. The van der Waals surface area contributed by atoms with Gasteiger partial charge in [0, 0.05) is 0 Å². The summed E-state index contributed by atoms with van der Waals surface area (Å²) in [5, 5.41) is 0. The van der Waals surface area contributed by atoms with Gasteiger partial charge in [0.25, 0.3) is 0 Å². The first-order valence-electron chi connectivity index (χ1n) is 13.7. The molecule has 0 aliphatic carbocycles. The van der Waals surface area contributed by atoms with Gasteiger partial charge in [-0.05, 0) is 51.4 Å². The van der Waals surface area contributed by atoms with E-state index in [1.807, 2.05) is 0 Å². The summed E-state index contributed by atoms with van der Waals surface area (Å²) in [6, 6.07) is 0. The minimum atomic E-state index is 1.29. The Kier molecular flexibility index (Phi) is 27.0. The molecule has 0 aromatic carbocycles. The van der Waals surface area contributed by atoms with Crippen molar-refractivity contribution in [2.75, 3.05) is 0 Å². The van der Waals surface area contributed by atoms with Crippen LogP contribution in [0.3, 0.4) is 0 Å². The van der Waals surface area contributed by atoms with Crippen LogP contribution in [-0.4, -0.2) is 0 Å². The molecule has 0 unspecified atom stereocenters. The van der Waals surface area contributed by atoms with Gasteiger partial charge in [-0.2, -0.15) is 0 Å². The van der Waals surface area contributed by atoms with Crippen LogP contribution < -0.4 is 0 Å². The number of hydrogen-bond acceptors (Lipinski definition) is 0. The molecule has 0 bridgehead atoms. The van der Waals surface area contributed by atoms with Gasteiger partial charge in [-0.15, -0.1) is 0 Å². The number of hydrogen-bond donors (Lipinski definition) is 0. The molecule has 0 spiro atoms. The molecular formula is C29H56. The summed E-state index contributed by atoms with van der Waals surface area (Å²) >= 11 is 0. The van der Waals surface area contributed by atoms with Crippen LogP contribution in [0.4, 0.5) is 0 Å². The van der Waals surface area contributed by atoms with Gasteiger partial charge in [0.05, 0.1) is 0 Å². The van der Waals surface area contributed by atoms with E-state index in [9.17, 15) is 0 Å². The SMILES string of the molecule is CCCCCC/C=C\CCCCC/C=C\CCCCCCCCCCCCCC. The lowest BCUT2D eigenvalue weighted by Crippen LogP contribution is -1.82. The van der Waals surface area contributed by atoms with Gasteiger partial charge in [0.15, 0.2) is 0 Å². The Morgan fingerprint density at radius 3 is 0.793 bits per heavy atom. The summed E-state index contributed by atoms with van der Waals surface area (Å²) < 4.78 is 0. The fraction of sp³-hybridized carbons (Fsp3) is 0.862. The fourth-order valence-corrected chi connectivity index (χ4v) is 3.96. The number of allylic oxidation sites excluding steroid dienone is 4. The summed E-state index contributed by atoms with van der Waals surface area (Å²) in [6.07, 6.45) is 41.9. The first-order chi connectivity index (χ1) is 14.4. The molecule has 0 aromatic heterocycles. The molecule has 0 nitrogen and oxygen atoms in total. The van der Waals surface area contributed by atoms with Crippen molar-refractivity contribution in [1.29, 1.82) is 0 Å². The zero-order chi connectivity index (χ0) is 21.1. The average molecular weight is 405 g/mol. The number of unbranched alkanes of at least 4 members (excludes halogenated alkanes) is 20. The maximum atomic E-state index is 2.44. The van der Waals surface area contributed by atoms with Crippen molar-refractivity contribution in [3.05, 3.63) is 24.3 Å². The van der Waals surface area contributed by atoms with Crippen LogP contribution in [0.15, 0.2) is 24.3 Å². The topological polar surface area (TPSA) is 0 Å². The Morgan fingerprint density at radius 2 is 0.483 bits per heavy atom. The summed E-state index contributed by atoms with van der Waals surface area (Å²) in [5.41, 5.74) is 0. The average Bonchev–Trinajstić information content (AvgIpc) is 2.74. The van der Waals surface area contributed by atoms with Crippen molar-refractivity contribution in [2.45, 2.75) is 162 Å². The summed E-state index contributed by atoms with van der Waals surface area (Å²) in [7, 11) is 0. The van der Waals surface area contributed by atoms with Crippen LogP contribution in [0.1, 0.15) is 162 Å². The molecule has 0 saturated carbocycles. The van der Waals surface area contributed by atoms with Crippen molar-refractivity contribution in [3.63, 3.8) is 0 Å². The molecule has 0 radical (unpaired) electrons. The maximum Gasteiger partial charge on any atom is -0.0351 e. The van der Waals surface area contributed by atoms with Crippen LogP contribution in [0, 0.1) is 0 Å². The highest BCUT2D eigenvalue weighted by atomic mass is 14.0. The zero-order valence-electron chi connectivity index (χ0n) is 20.6. The third-order valence-corrected chi connectivity index (χ3v) is 6.02. The van der Waals surface area contributed by atoms with Crippen molar-refractivity contribution < 1.29 is 0 Å². The first kappa shape index (κ1) is 28.5. The molecule has 0 atom stereocenters. The van der Waals surface area contributed by atoms with Gasteiger partial charge < -0.3 is 0 Å². The van der Waals surface area contributed by atoms with Crippen molar-refractivity contribution in [1.82, 2.24) is 0 Å². The molecule has 0 N–H and O–H groups in total. The maximum absolute atomic E-state index is 2.44. The lowest BCUT2D eigenvalue weighted by atomic mass is 10.0. The van der Waals surface area contributed by atoms with Gasteiger partial charge in [-0.3, -0.25) is 0 Å². The van der Waals surface area contributed by atoms with Gasteiger partial charge in [-0.1, -0.05) is 134 Å². The molecule has 172 valence electrons. The lowest BCUT2D eigenvalue weighted by Gasteiger charge is -2.02. The van der Waals surface area contributed by atoms with Gasteiger partial charge in [0.1, 0.15) is 0 Å². The quantitative estimate of drug-likeness (QED) is 0.111. The minimum absolute atomic E-state index is 1.29. The monoisotopic (exact) mass is 404 g/mol. The lowest BCUT2D eigenvalue weighted by molar-refractivity contribution is 0.545. The summed E-state index contributed by atoms with van der Waals surface area (Å²) in [4.78, 5) is 0. The van der Waals surface area contributed by atoms with Crippen molar-refractivity contribution >= 4 is 0 Å². The van der Waals surface area contributed by atoms with Crippen LogP contribution in [0.2, 0.25) is 0 Å². The van der Waals surface area contributed by atoms with Crippen molar-refractivity contribution in [3.8, 4) is 0 Å². The molecule has 0 heteroatoms. The smallest absolute Gasteiger partial charge is 0.0351 e. The van der Waals surface area contributed by atoms with Gasteiger partial charge >= 0.3 is 0 Å². The van der Waals surface area contributed by atoms with E-state index in [2.05, 4.69) is 38.2 Å². The van der Waals surface area contributed by atoms with E-state index in [-0.39, 0.29) is 0 Å². The Bertz CT molecular complexity index is 325. The predicted molar refractivity (Wildman–Crippen MR) is 136 cm³/mol. The Balaban J connectivity index is 3.11. The molecule has 0 aliphatic heterocycles. The van der Waals surface area contributed by atoms with Gasteiger partial charge in [0.2, 0.25) is 0 Å². The molecule has 0 aliphatic rings. The zero-order valence-corrected chi connectivity index (χ0v) is 20.6. The van der Waals surface area contributed by atoms with Crippen molar-refractivity contribution in [2.24, 2.45) is 0 Å². The minimum Gasteiger partial charge on any atom is -0.0885 e. The molecule has 29 heavy (non-hydrogen) atoms. The third-order valence-electron chi connectivity index (χ3n) is 6.02. The summed E-state index contributed by atoms with van der Waals surface area (Å²) in [5.74, 6) is 0. The van der Waals surface area contributed by atoms with Crippen LogP contribution in [-0.2, 0) is 0 Å². The van der Waals surface area contributed by atoms with E-state index in [4.69, 9.17) is 0 Å². The Labute approximate surface area is 186 Å². The first-order valence-corrected chi connectivity index (χ1v) is 13.7. The van der Waals surface area contributed by atoms with E-state index in [1.54, 1.807) is 0 Å². The fourth-order valence-electron chi connectivity index (χ4n) is 3.96. The molecule has 0 saturated heterocycles. The van der Waals surface area contributed by atoms with Crippen LogP contribution >= 0.6 is 0 Å². The molecule has 0 rings (SSSR count). The normalized spacial score (nSPS) is 11.9. The predicted octanol–water partition coefficient (Wildman–Crippen LogP) is 11.1. The van der Waals surface area contributed by atoms with Gasteiger partial charge in [-0.25, -0.2) is 0 Å². The second kappa shape index (κ2) is 27.5. The van der Waals surface area contributed by atoms with E-state index < -0.39 is 0 Å². The largest absolute Gasteiger partial charge is 0.0885 e. The third kappa shape index (κ3) is 27.5. The number of rotatable bonds is 24. The van der Waals surface area contributed by atoms with E-state index in [0.717, 1.165) is 0 Å². The van der Waals surface area contributed by atoms with E-state index >= 15 is 0 Å². The molecule has 0 amide bonds. The Morgan fingerprint density at radius 1 is 0.276 bits per heavy atom.